The van der Waals surface area contributed by atoms with E-state index in [9.17, 15) is 0 Å². The molecule has 0 aliphatic rings. The second-order valence-electron chi connectivity index (χ2n) is 5.90. The van der Waals surface area contributed by atoms with Crippen LogP contribution in [0, 0.1) is 0 Å². The lowest BCUT2D eigenvalue weighted by Gasteiger charge is -2.25. The number of nitrogens with zero attached hydrogens (tertiary/aromatic N) is 2. The van der Waals surface area contributed by atoms with Gasteiger partial charge in [-0.3, -0.25) is 0 Å². The molecule has 0 saturated heterocycles. The molecule has 0 atom stereocenters. The van der Waals surface area contributed by atoms with Gasteiger partial charge in [0.05, 0.1) is 5.69 Å². The molecule has 1 heterocycles. The third kappa shape index (κ3) is 3.28. The topological polar surface area (TPSA) is 28.2 Å². The van der Waals surface area contributed by atoms with Crippen LogP contribution in [0.3, 0.4) is 0 Å². The first-order valence-electron chi connectivity index (χ1n) is 7.34. The Hall–Kier alpha value is -1.61. The summed E-state index contributed by atoms with van der Waals surface area (Å²) < 4.78 is 0. The van der Waals surface area contributed by atoms with E-state index in [1.807, 2.05) is 0 Å². The minimum absolute atomic E-state index is 0.430. The van der Waals surface area contributed by atoms with Crippen LogP contribution in [0.2, 0.25) is 0 Å². The number of hydrogen-bond donors (Lipinski definition) is 1. The van der Waals surface area contributed by atoms with Crippen LogP contribution in [0.15, 0.2) is 30.3 Å². The average Bonchev–Trinajstić information content (AvgIpc) is 2.43. The predicted octanol–water partition coefficient (Wildman–Crippen LogP) is 3.58. The number of hydrogen-bond acceptors (Lipinski definition) is 3. The Morgan fingerprint density at radius 3 is 2.50 bits per heavy atom. The fourth-order valence-corrected chi connectivity index (χ4v) is 2.15. The molecule has 1 N–H and O–H groups in total. The van der Waals surface area contributed by atoms with Crippen LogP contribution in [0.1, 0.15) is 33.4 Å². The summed E-state index contributed by atoms with van der Waals surface area (Å²) in [5.41, 5.74) is 1.10. The molecule has 2 rings (SSSR count). The first-order valence-corrected chi connectivity index (χ1v) is 7.34. The van der Waals surface area contributed by atoms with Crippen molar-refractivity contribution in [3.05, 3.63) is 36.0 Å². The lowest BCUT2D eigenvalue weighted by atomic mass is 10.1. The first-order chi connectivity index (χ1) is 9.49. The zero-order valence-electron chi connectivity index (χ0n) is 13.1. The minimum atomic E-state index is 0.430. The molecule has 0 fully saturated rings. The van der Waals surface area contributed by atoms with Gasteiger partial charge in [0.2, 0.25) is 0 Å². The average molecular weight is 271 g/mol. The van der Waals surface area contributed by atoms with Crippen molar-refractivity contribution in [3.63, 3.8) is 0 Å². The van der Waals surface area contributed by atoms with E-state index in [1.165, 1.54) is 10.8 Å². The van der Waals surface area contributed by atoms with Gasteiger partial charge in [-0.05, 0) is 25.3 Å². The van der Waals surface area contributed by atoms with Gasteiger partial charge < -0.3 is 10.2 Å². The van der Waals surface area contributed by atoms with Crippen molar-refractivity contribution in [1.29, 1.82) is 0 Å². The summed E-state index contributed by atoms with van der Waals surface area (Å²) in [6, 6.07) is 11.6. The SMILES string of the molecule is CC(C)NCc1cc2ccccc2c(N(C)C(C)C)n1. The van der Waals surface area contributed by atoms with Crippen molar-refractivity contribution in [1.82, 2.24) is 10.3 Å². The Kier molecular flexibility index (Phi) is 4.61. The summed E-state index contributed by atoms with van der Waals surface area (Å²) in [6.45, 7) is 9.50. The summed E-state index contributed by atoms with van der Waals surface area (Å²) >= 11 is 0. The molecule has 0 unspecified atom stereocenters. The van der Waals surface area contributed by atoms with Gasteiger partial charge in [-0.25, -0.2) is 4.98 Å². The second-order valence-corrected chi connectivity index (χ2v) is 5.90. The molecule has 108 valence electrons. The van der Waals surface area contributed by atoms with E-state index in [4.69, 9.17) is 4.98 Å². The van der Waals surface area contributed by atoms with Gasteiger partial charge in [0, 0.05) is 31.1 Å². The van der Waals surface area contributed by atoms with Gasteiger partial charge in [-0.15, -0.1) is 0 Å². The number of rotatable bonds is 5. The molecule has 0 bridgehead atoms. The molecule has 3 heteroatoms. The van der Waals surface area contributed by atoms with Crippen LogP contribution in [0.5, 0.6) is 0 Å². The van der Waals surface area contributed by atoms with E-state index in [-0.39, 0.29) is 0 Å². The summed E-state index contributed by atoms with van der Waals surface area (Å²) in [5.74, 6) is 1.07. The fourth-order valence-electron chi connectivity index (χ4n) is 2.15. The molecule has 3 nitrogen and oxygen atoms in total. The molecule has 0 saturated carbocycles. The summed E-state index contributed by atoms with van der Waals surface area (Å²) in [6.07, 6.45) is 0. The second kappa shape index (κ2) is 6.23. The van der Waals surface area contributed by atoms with E-state index in [2.05, 4.69) is 75.3 Å². The third-order valence-electron chi connectivity index (χ3n) is 3.57. The van der Waals surface area contributed by atoms with E-state index < -0.39 is 0 Å². The van der Waals surface area contributed by atoms with Crippen LogP contribution < -0.4 is 10.2 Å². The van der Waals surface area contributed by atoms with Crippen molar-refractivity contribution < 1.29 is 0 Å². The highest BCUT2D eigenvalue weighted by atomic mass is 15.2. The maximum Gasteiger partial charge on any atom is 0.136 e. The quantitative estimate of drug-likeness (QED) is 0.901. The summed E-state index contributed by atoms with van der Waals surface area (Å²) in [7, 11) is 2.11. The Labute approximate surface area is 122 Å². The van der Waals surface area contributed by atoms with Crippen molar-refractivity contribution >= 4 is 16.6 Å². The molecule has 0 aliphatic heterocycles. The number of nitrogens with one attached hydrogen (secondary N) is 1. The van der Waals surface area contributed by atoms with Crippen LogP contribution in [-0.2, 0) is 6.54 Å². The summed E-state index contributed by atoms with van der Waals surface area (Å²) in [4.78, 5) is 7.09. The number of anilines is 1. The maximum absolute atomic E-state index is 4.86. The monoisotopic (exact) mass is 271 g/mol. The highest BCUT2D eigenvalue weighted by Crippen LogP contribution is 2.26. The van der Waals surface area contributed by atoms with Crippen LogP contribution in [0.25, 0.3) is 10.8 Å². The van der Waals surface area contributed by atoms with E-state index in [0.29, 0.717) is 12.1 Å². The van der Waals surface area contributed by atoms with Gasteiger partial charge in [0.15, 0.2) is 0 Å². The zero-order chi connectivity index (χ0) is 14.7. The number of pyridine rings is 1. The lowest BCUT2D eigenvalue weighted by Crippen LogP contribution is -2.28. The van der Waals surface area contributed by atoms with Crippen molar-refractivity contribution in [2.45, 2.75) is 46.3 Å². The molecule has 20 heavy (non-hydrogen) atoms. The van der Waals surface area contributed by atoms with Crippen LogP contribution >= 0.6 is 0 Å². The van der Waals surface area contributed by atoms with Gasteiger partial charge in [-0.1, -0.05) is 38.1 Å². The van der Waals surface area contributed by atoms with Crippen LogP contribution in [-0.4, -0.2) is 24.1 Å². The molecule has 2 aromatic rings. The number of fused-ring (bicyclic) bond motifs is 1. The van der Waals surface area contributed by atoms with E-state index in [0.717, 1.165) is 18.1 Å². The lowest BCUT2D eigenvalue weighted by molar-refractivity contribution is 0.581. The van der Waals surface area contributed by atoms with E-state index in [1.54, 1.807) is 0 Å². The molecule has 0 aliphatic carbocycles. The minimum Gasteiger partial charge on any atom is -0.357 e. The van der Waals surface area contributed by atoms with Crippen LogP contribution in [0.4, 0.5) is 5.82 Å². The first kappa shape index (κ1) is 14.8. The standard InChI is InChI=1S/C17H25N3/c1-12(2)18-11-15-10-14-8-6-7-9-16(14)17(19-15)20(5)13(3)4/h6-10,12-13,18H,11H2,1-5H3. The molecular weight excluding hydrogens is 246 g/mol. The highest BCUT2D eigenvalue weighted by Gasteiger charge is 2.12. The third-order valence-corrected chi connectivity index (χ3v) is 3.57. The van der Waals surface area contributed by atoms with Crippen molar-refractivity contribution in [3.8, 4) is 0 Å². The van der Waals surface area contributed by atoms with Gasteiger partial charge >= 0.3 is 0 Å². The van der Waals surface area contributed by atoms with Gasteiger partial charge in [0.1, 0.15) is 5.82 Å². The van der Waals surface area contributed by atoms with Crippen molar-refractivity contribution in [2.75, 3.05) is 11.9 Å². The predicted molar refractivity (Wildman–Crippen MR) is 87.3 cm³/mol. The summed E-state index contributed by atoms with van der Waals surface area (Å²) in [5, 5.41) is 5.92. The van der Waals surface area contributed by atoms with E-state index >= 15 is 0 Å². The maximum atomic E-state index is 4.86. The molecule has 1 aromatic heterocycles. The van der Waals surface area contributed by atoms with Gasteiger partial charge in [0.25, 0.3) is 0 Å². The molecule has 0 spiro atoms. The number of benzene rings is 1. The van der Waals surface area contributed by atoms with Gasteiger partial charge in [-0.2, -0.15) is 0 Å². The fraction of sp³-hybridized carbons (Fsp3) is 0.471. The molecule has 1 aromatic carbocycles. The molecular formula is C17H25N3. The number of aromatic nitrogens is 1. The normalized spacial score (nSPS) is 11.6. The molecule has 0 radical (unpaired) electrons. The Bertz CT molecular complexity index is 575. The smallest absolute Gasteiger partial charge is 0.136 e. The highest BCUT2D eigenvalue weighted by molar-refractivity contribution is 5.92. The molecule has 0 amide bonds. The van der Waals surface area contributed by atoms with Crippen molar-refractivity contribution in [2.24, 2.45) is 0 Å². The Morgan fingerprint density at radius 1 is 1.15 bits per heavy atom. The zero-order valence-corrected chi connectivity index (χ0v) is 13.1. The Balaban J connectivity index is 2.46. The Morgan fingerprint density at radius 2 is 1.85 bits per heavy atom. The largest absolute Gasteiger partial charge is 0.357 e.